The van der Waals surface area contributed by atoms with Gasteiger partial charge in [0.25, 0.3) is 0 Å². The second kappa shape index (κ2) is 9.47. The second-order valence-electron chi connectivity index (χ2n) is 8.77. The fraction of sp³-hybridized carbons (Fsp3) is 0.269. The van der Waals surface area contributed by atoms with Gasteiger partial charge in [0.1, 0.15) is 11.5 Å². The largest absolute Gasteiger partial charge is 0.399 e. The number of nitrogens with one attached hydrogen (secondary N) is 1. The first-order valence-corrected chi connectivity index (χ1v) is 12.5. The molecule has 2 aromatic heterocycles. The molecule has 0 aliphatic carbocycles. The minimum Gasteiger partial charge on any atom is -0.399 e. The summed E-state index contributed by atoms with van der Waals surface area (Å²) in [4.78, 5) is 10.2. The van der Waals surface area contributed by atoms with Crippen LogP contribution in [0.2, 0.25) is 0 Å². The Kier molecular flexibility index (Phi) is 6.26. The summed E-state index contributed by atoms with van der Waals surface area (Å²) in [6.07, 6.45) is 4.60. The van der Waals surface area contributed by atoms with Crippen LogP contribution in [0.1, 0.15) is 35.6 Å². The van der Waals surface area contributed by atoms with Crippen molar-refractivity contribution in [2.45, 2.75) is 25.2 Å². The fourth-order valence-corrected chi connectivity index (χ4v) is 5.42. The van der Waals surface area contributed by atoms with Crippen molar-refractivity contribution in [3.8, 4) is 11.1 Å². The number of hydrogen-bond acceptors (Lipinski definition) is 4. The summed E-state index contributed by atoms with van der Waals surface area (Å²) in [5.74, 6) is 0.616. The lowest BCUT2D eigenvalue weighted by atomic mass is 9.92. The number of pyridine rings is 1. The lowest BCUT2D eigenvalue weighted by molar-refractivity contribution is 0.239. The number of aromatic amines is 1. The number of likely N-dealkylation sites (tertiary alicyclic amines) is 1. The summed E-state index contributed by atoms with van der Waals surface area (Å²) in [7, 11) is 0. The lowest BCUT2D eigenvalue weighted by Crippen LogP contribution is -2.35. The van der Waals surface area contributed by atoms with E-state index in [2.05, 4.69) is 63.4 Å². The minimum atomic E-state index is -1.78. The first kappa shape index (κ1) is 21.8. The van der Waals surface area contributed by atoms with Gasteiger partial charge in [0.15, 0.2) is 11.1 Å². The number of nitrogens with zero attached hydrogens (tertiary/aromatic N) is 2. The van der Waals surface area contributed by atoms with Crippen LogP contribution < -0.4 is 5.73 Å². The maximum Gasteiger partial charge on any atom is 0.167 e. The number of nitrogens with two attached hydrogens (primary N) is 1. The van der Waals surface area contributed by atoms with Gasteiger partial charge in [0.2, 0.25) is 0 Å². The fourth-order valence-electron chi connectivity index (χ4n) is 4.85. The zero-order valence-electron chi connectivity index (χ0n) is 18.4. The number of hydrogen-bond donors (Lipinski definition) is 3. The van der Waals surface area contributed by atoms with Crippen LogP contribution in [0.5, 0.6) is 0 Å². The molecule has 170 valence electrons. The van der Waals surface area contributed by atoms with E-state index in [1.807, 2.05) is 18.3 Å². The molecule has 3 heterocycles. The molecule has 0 amide bonds. The Labute approximate surface area is 196 Å². The van der Waals surface area contributed by atoms with E-state index in [0.717, 1.165) is 60.2 Å². The van der Waals surface area contributed by atoms with Crippen LogP contribution in [0, 0.1) is 0 Å². The SMILES string of the molecule is Nc1ccc(Cc2ccccc2)c(-c2ccnc3[nH]c(C4CCN(CS(=O)O)CC4)cc23)c1. The van der Waals surface area contributed by atoms with Gasteiger partial charge >= 0.3 is 0 Å². The molecular formula is C26H28N4O2S. The highest BCUT2D eigenvalue weighted by Crippen LogP contribution is 2.36. The third-order valence-corrected chi connectivity index (χ3v) is 7.12. The summed E-state index contributed by atoms with van der Waals surface area (Å²) in [6.45, 7) is 1.64. The van der Waals surface area contributed by atoms with Gasteiger partial charge in [0.05, 0.1) is 0 Å². The quantitative estimate of drug-likeness (QED) is 0.285. The second-order valence-corrected chi connectivity index (χ2v) is 9.67. The van der Waals surface area contributed by atoms with Crippen LogP contribution in [-0.2, 0) is 17.5 Å². The zero-order valence-corrected chi connectivity index (χ0v) is 19.2. The van der Waals surface area contributed by atoms with Crippen LogP contribution in [0.4, 0.5) is 5.69 Å². The predicted octanol–water partition coefficient (Wildman–Crippen LogP) is 4.76. The summed E-state index contributed by atoms with van der Waals surface area (Å²) < 4.78 is 20.3. The molecule has 4 aromatic rings. The normalized spacial score (nSPS) is 16.3. The van der Waals surface area contributed by atoms with Crippen molar-refractivity contribution in [3.63, 3.8) is 0 Å². The van der Waals surface area contributed by atoms with Gasteiger partial charge in [-0.1, -0.05) is 36.4 Å². The number of aromatic nitrogens is 2. The summed E-state index contributed by atoms with van der Waals surface area (Å²) >= 11 is -1.78. The highest BCUT2D eigenvalue weighted by atomic mass is 32.2. The van der Waals surface area contributed by atoms with E-state index in [1.54, 1.807) is 0 Å². The molecule has 1 unspecified atom stereocenters. The van der Waals surface area contributed by atoms with Crippen LogP contribution in [0.25, 0.3) is 22.2 Å². The van der Waals surface area contributed by atoms with Gasteiger partial charge in [-0.15, -0.1) is 0 Å². The molecule has 1 saturated heterocycles. The monoisotopic (exact) mass is 460 g/mol. The van der Waals surface area contributed by atoms with Crippen LogP contribution in [0.15, 0.2) is 66.9 Å². The van der Waals surface area contributed by atoms with Gasteiger partial charge in [-0.2, -0.15) is 0 Å². The summed E-state index contributed by atoms with van der Waals surface area (Å²) in [6, 6.07) is 20.9. The van der Waals surface area contributed by atoms with Crippen molar-refractivity contribution in [2.75, 3.05) is 24.7 Å². The molecule has 6 nitrogen and oxygen atoms in total. The molecule has 1 fully saturated rings. The number of rotatable bonds is 6. The first-order chi connectivity index (χ1) is 16.1. The van der Waals surface area contributed by atoms with E-state index < -0.39 is 11.1 Å². The Morgan fingerprint density at radius 3 is 2.61 bits per heavy atom. The minimum absolute atomic E-state index is 0.227. The molecule has 7 heteroatoms. The van der Waals surface area contributed by atoms with Crippen molar-refractivity contribution in [2.24, 2.45) is 0 Å². The van der Waals surface area contributed by atoms with Crippen molar-refractivity contribution in [1.29, 1.82) is 0 Å². The third kappa shape index (κ3) is 4.85. The van der Waals surface area contributed by atoms with Crippen molar-refractivity contribution in [3.05, 3.63) is 83.7 Å². The molecular weight excluding hydrogens is 432 g/mol. The van der Waals surface area contributed by atoms with E-state index in [1.165, 1.54) is 16.8 Å². The molecule has 0 spiro atoms. The maximum absolute atomic E-state index is 11.1. The van der Waals surface area contributed by atoms with E-state index in [-0.39, 0.29) is 5.88 Å². The van der Waals surface area contributed by atoms with Crippen molar-refractivity contribution >= 4 is 27.8 Å². The number of benzene rings is 2. The molecule has 0 bridgehead atoms. The molecule has 33 heavy (non-hydrogen) atoms. The van der Waals surface area contributed by atoms with Crippen LogP contribution in [-0.4, -0.2) is 42.6 Å². The molecule has 0 saturated carbocycles. The molecule has 1 aliphatic heterocycles. The third-order valence-electron chi connectivity index (χ3n) is 6.53. The highest BCUT2D eigenvalue weighted by Gasteiger charge is 2.23. The maximum atomic E-state index is 11.1. The van der Waals surface area contributed by atoms with E-state index >= 15 is 0 Å². The molecule has 2 aromatic carbocycles. The van der Waals surface area contributed by atoms with Gasteiger partial charge < -0.3 is 15.3 Å². The average Bonchev–Trinajstić information content (AvgIpc) is 3.26. The van der Waals surface area contributed by atoms with Crippen molar-refractivity contribution in [1.82, 2.24) is 14.9 Å². The number of nitrogen functional groups attached to an aromatic ring is 1. The molecule has 1 aliphatic rings. The van der Waals surface area contributed by atoms with E-state index in [4.69, 9.17) is 10.3 Å². The Hall–Kier alpha value is -3.00. The smallest absolute Gasteiger partial charge is 0.167 e. The van der Waals surface area contributed by atoms with Crippen molar-refractivity contribution < 1.29 is 8.76 Å². The number of anilines is 1. The zero-order chi connectivity index (χ0) is 22.8. The molecule has 1 atom stereocenters. The average molecular weight is 461 g/mol. The molecule has 4 N–H and O–H groups in total. The highest BCUT2D eigenvalue weighted by molar-refractivity contribution is 7.79. The van der Waals surface area contributed by atoms with Crippen LogP contribution in [0.3, 0.4) is 0 Å². The van der Waals surface area contributed by atoms with Gasteiger partial charge in [-0.25, -0.2) is 9.19 Å². The van der Waals surface area contributed by atoms with Crippen LogP contribution >= 0.6 is 0 Å². The number of fused-ring (bicyclic) bond motifs is 1. The Balaban J connectivity index is 1.47. The topological polar surface area (TPSA) is 95.2 Å². The molecule has 0 radical (unpaired) electrons. The lowest BCUT2D eigenvalue weighted by Gasteiger charge is -2.30. The van der Waals surface area contributed by atoms with Gasteiger partial charge in [0, 0.05) is 28.9 Å². The summed E-state index contributed by atoms with van der Waals surface area (Å²) in [5.41, 5.74) is 13.8. The Morgan fingerprint density at radius 1 is 1.06 bits per heavy atom. The first-order valence-electron chi connectivity index (χ1n) is 11.3. The summed E-state index contributed by atoms with van der Waals surface area (Å²) in [5, 5.41) is 1.10. The van der Waals surface area contributed by atoms with E-state index in [0.29, 0.717) is 5.92 Å². The predicted molar refractivity (Wildman–Crippen MR) is 134 cm³/mol. The Morgan fingerprint density at radius 2 is 1.85 bits per heavy atom. The van der Waals surface area contributed by atoms with E-state index in [9.17, 15) is 4.21 Å². The standard InChI is InChI=1S/C26H28N4O2S/c27-21-7-6-20(14-18-4-2-1-3-5-18)23(15-21)22-8-11-28-26-24(22)16-25(29-26)19-9-12-30(13-10-19)17-33(31)32/h1-8,11,15-16,19H,9-10,12-14,17,27H2,(H,28,29)(H,31,32). The Bertz CT molecular complexity index is 1280. The number of piperidine rings is 1. The number of H-pyrrole nitrogens is 1. The molecule has 5 rings (SSSR count). The van der Waals surface area contributed by atoms with Gasteiger partial charge in [-0.05, 0) is 78.9 Å². The van der Waals surface area contributed by atoms with Gasteiger partial charge in [-0.3, -0.25) is 4.90 Å².